The van der Waals surface area contributed by atoms with Crippen LogP contribution in [-0.2, 0) is 29.7 Å². The van der Waals surface area contributed by atoms with Crippen molar-refractivity contribution in [2.45, 2.75) is 50.2 Å². The molecular formula is C35H42Br2ClN7O3. The molecule has 1 saturated heterocycles. The Morgan fingerprint density at radius 1 is 1.10 bits per heavy atom. The van der Waals surface area contributed by atoms with Gasteiger partial charge in [0.15, 0.2) is 5.54 Å². The first-order chi connectivity index (χ1) is 23.0. The lowest BCUT2D eigenvalue weighted by Crippen LogP contribution is -2.49. The van der Waals surface area contributed by atoms with Crippen LogP contribution in [0.4, 0.5) is 10.5 Å². The molecule has 0 radical (unpaired) electrons. The third-order valence-electron chi connectivity index (χ3n) is 8.84. The van der Waals surface area contributed by atoms with E-state index in [0.29, 0.717) is 34.5 Å². The summed E-state index contributed by atoms with van der Waals surface area (Å²) in [5, 5.41) is 17.1. The smallest absolute Gasteiger partial charge is 0.331 e. The van der Waals surface area contributed by atoms with E-state index in [9.17, 15) is 14.7 Å². The van der Waals surface area contributed by atoms with Crippen LogP contribution in [0.5, 0.6) is 0 Å². The van der Waals surface area contributed by atoms with Gasteiger partial charge in [0.05, 0.1) is 16.1 Å². The molecule has 0 aliphatic carbocycles. The number of carboxylic acid groups (broad SMARTS) is 1. The zero-order valence-corrected chi connectivity index (χ0v) is 31.1. The molecule has 3 heterocycles. The summed E-state index contributed by atoms with van der Waals surface area (Å²) < 4.78 is 3.57. The minimum Gasteiger partial charge on any atom is -0.480 e. The topological polar surface area (TPSA) is 129 Å². The monoisotopic (exact) mass is 801 g/mol. The van der Waals surface area contributed by atoms with Gasteiger partial charge in [-0.05, 0) is 133 Å². The highest BCUT2D eigenvalue weighted by atomic mass is 79.9. The number of aliphatic carboxylic acids is 1. The molecule has 2 aliphatic rings. The lowest BCUT2D eigenvalue weighted by Gasteiger charge is -2.33. The van der Waals surface area contributed by atoms with Crippen LogP contribution in [0.1, 0.15) is 36.2 Å². The van der Waals surface area contributed by atoms with Gasteiger partial charge in [-0.25, -0.2) is 14.6 Å². The Morgan fingerprint density at radius 2 is 1.85 bits per heavy atom. The fraction of sp³-hybridized carbons (Fsp3) is 0.400. The second-order valence-electron chi connectivity index (χ2n) is 12.6. The van der Waals surface area contributed by atoms with Gasteiger partial charge >= 0.3 is 12.0 Å². The third-order valence-corrected chi connectivity index (χ3v) is 11.0. The number of fused-ring (bicyclic) bond motifs is 2. The van der Waals surface area contributed by atoms with Crippen LogP contribution < -0.4 is 16.4 Å². The molecular weight excluding hydrogens is 762 g/mol. The van der Waals surface area contributed by atoms with Crippen molar-refractivity contribution in [1.82, 2.24) is 24.7 Å². The van der Waals surface area contributed by atoms with Gasteiger partial charge in [-0.2, -0.15) is 0 Å². The number of anilines is 1. The number of hydrogen-bond acceptors (Lipinski definition) is 6. The van der Waals surface area contributed by atoms with Crippen molar-refractivity contribution in [2.24, 2.45) is 5.73 Å². The Kier molecular flexibility index (Phi) is 12.2. The molecule has 0 spiro atoms. The van der Waals surface area contributed by atoms with Crippen LogP contribution in [0, 0.1) is 0 Å². The SMILES string of the molecule is CN(C)CCCn1c(C(N)(Cc2ccc(Br)c(Br)c2)C(=O)O)nc2cccc(Cl)c21.O=C1Nc2ccccc2CCN1C1CCNCC1. The number of nitrogens with zero attached hydrogens (tertiary/aromatic N) is 4. The maximum Gasteiger partial charge on any atom is 0.331 e. The number of para-hydroxylation sites is 2. The van der Waals surface area contributed by atoms with Crippen LogP contribution in [-0.4, -0.2) is 82.8 Å². The number of hydrogen-bond donors (Lipinski definition) is 4. The normalized spacial score (nSPS) is 16.5. The first kappa shape index (κ1) is 36.3. The van der Waals surface area contributed by atoms with Crippen molar-refractivity contribution in [2.75, 3.05) is 45.6 Å². The zero-order valence-electron chi connectivity index (χ0n) is 27.2. The minimum atomic E-state index is -1.71. The summed E-state index contributed by atoms with van der Waals surface area (Å²) in [6.07, 6.45) is 3.95. The predicted octanol–water partition coefficient (Wildman–Crippen LogP) is 6.48. The fourth-order valence-electron chi connectivity index (χ4n) is 6.32. The molecule has 1 fully saturated rings. The highest BCUT2D eigenvalue weighted by Gasteiger charge is 2.41. The Hall–Kier alpha value is -3.00. The minimum absolute atomic E-state index is 0.0619. The highest BCUT2D eigenvalue weighted by Crippen LogP contribution is 2.33. The molecule has 4 aromatic rings. The number of carboxylic acids is 1. The molecule has 2 amide bonds. The average molecular weight is 804 g/mol. The number of piperidine rings is 1. The maximum atomic E-state index is 12.4. The predicted molar refractivity (Wildman–Crippen MR) is 199 cm³/mol. The molecule has 1 atom stereocenters. The second-order valence-corrected chi connectivity index (χ2v) is 14.7. The standard InChI is InChI=1S/C21H23Br2ClN4O2.C14H19N3O/c1-27(2)9-4-10-28-18-16(24)5-3-6-17(18)26-19(28)21(25,20(29)30)12-13-7-8-14(22)15(23)11-13;18-14-16-13-4-2-1-3-11(13)7-10-17(14)12-5-8-15-9-6-12/h3,5-8,11H,4,9-10,12,25H2,1-2H3,(H,29,30);1-4,12,15H,5-10H2,(H,16,18). The number of nitrogens with two attached hydrogens (primary N) is 1. The molecule has 10 nitrogen and oxygen atoms in total. The maximum absolute atomic E-state index is 12.4. The highest BCUT2D eigenvalue weighted by molar-refractivity contribution is 9.13. The van der Waals surface area contributed by atoms with E-state index < -0.39 is 11.5 Å². The van der Waals surface area contributed by atoms with Crippen molar-refractivity contribution < 1.29 is 14.7 Å². The van der Waals surface area contributed by atoms with Crippen molar-refractivity contribution in [3.8, 4) is 0 Å². The van der Waals surface area contributed by atoms with Crippen molar-refractivity contribution in [3.05, 3.63) is 91.6 Å². The fourth-order valence-corrected chi connectivity index (χ4v) is 7.27. The molecule has 1 unspecified atom stereocenters. The second kappa shape index (κ2) is 16.1. The van der Waals surface area contributed by atoms with E-state index in [-0.39, 0.29) is 12.5 Å². The van der Waals surface area contributed by atoms with Crippen molar-refractivity contribution in [1.29, 1.82) is 0 Å². The first-order valence-electron chi connectivity index (χ1n) is 16.1. The molecule has 1 aromatic heterocycles. The lowest BCUT2D eigenvalue weighted by atomic mass is 9.90. The van der Waals surface area contributed by atoms with E-state index in [1.165, 1.54) is 5.56 Å². The number of halogens is 3. The Morgan fingerprint density at radius 3 is 2.56 bits per heavy atom. The van der Waals surface area contributed by atoms with E-state index in [4.69, 9.17) is 17.3 Å². The molecule has 0 saturated carbocycles. The van der Waals surface area contributed by atoms with Gasteiger partial charge in [0.2, 0.25) is 0 Å². The molecule has 0 bridgehead atoms. The summed E-state index contributed by atoms with van der Waals surface area (Å²) in [6, 6.07) is 19.5. The van der Waals surface area contributed by atoms with E-state index in [0.717, 1.165) is 72.1 Å². The Labute approximate surface area is 303 Å². The quantitative estimate of drug-likeness (QED) is 0.153. The summed E-state index contributed by atoms with van der Waals surface area (Å²) in [5.41, 5.74) is 9.19. The first-order valence-corrected chi connectivity index (χ1v) is 18.1. The Balaban J connectivity index is 0.000000212. The van der Waals surface area contributed by atoms with Gasteiger partial charge in [-0.15, -0.1) is 0 Å². The number of nitrogens with one attached hydrogen (secondary N) is 2. The van der Waals surface area contributed by atoms with Gasteiger partial charge in [-0.1, -0.05) is 41.9 Å². The van der Waals surface area contributed by atoms with Gasteiger partial charge in [0, 0.05) is 40.2 Å². The summed E-state index contributed by atoms with van der Waals surface area (Å²) in [7, 11) is 3.99. The van der Waals surface area contributed by atoms with Gasteiger partial charge in [0.1, 0.15) is 5.82 Å². The van der Waals surface area contributed by atoms with Gasteiger partial charge < -0.3 is 35.8 Å². The number of carbonyl (C=O) groups excluding carboxylic acids is 1. The van der Waals surface area contributed by atoms with Crippen LogP contribution in [0.2, 0.25) is 5.02 Å². The zero-order chi connectivity index (χ0) is 34.4. The molecule has 2 aliphatic heterocycles. The number of aryl methyl sites for hydroxylation is 1. The summed E-state index contributed by atoms with van der Waals surface area (Å²) in [5.74, 6) is -0.835. The number of urea groups is 1. The van der Waals surface area contributed by atoms with E-state index in [1.807, 2.05) is 66.0 Å². The molecule has 5 N–H and O–H groups in total. The van der Waals surface area contributed by atoms with Crippen molar-refractivity contribution in [3.63, 3.8) is 0 Å². The number of benzene rings is 3. The van der Waals surface area contributed by atoms with Crippen LogP contribution >= 0.6 is 43.5 Å². The van der Waals surface area contributed by atoms with E-state index in [2.05, 4.69) is 58.4 Å². The largest absolute Gasteiger partial charge is 0.480 e. The number of aromatic nitrogens is 2. The molecule has 6 rings (SSSR count). The molecule has 48 heavy (non-hydrogen) atoms. The summed E-state index contributed by atoms with van der Waals surface area (Å²) in [4.78, 5) is 33.4. The molecule has 3 aromatic carbocycles. The van der Waals surface area contributed by atoms with Gasteiger partial charge in [-0.3, -0.25) is 0 Å². The average Bonchev–Trinajstić information content (AvgIpc) is 3.35. The van der Waals surface area contributed by atoms with Crippen LogP contribution in [0.25, 0.3) is 11.0 Å². The van der Waals surface area contributed by atoms with Crippen molar-refractivity contribution >= 4 is 72.2 Å². The van der Waals surface area contributed by atoms with Gasteiger partial charge in [0.25, 0.3) is 0 Å². The number of imidazole rings is 1. The number of carbonyl (C=O) groups is 2. The van der Waals surface area contributed by atoms with Crippen LogP contribution in [0.15, 0.2) is 69.6 Å². The molecule has 256 valence electrons. The van der Waals surface area contributed by atoms with E-state index >= 15 is 0 Å². The third kappa shape index (κ3) is 8.40. The van der Waals surface area contributed by atoms with E-state index in [1.54, 1.807) is 12.1 Å². The molecule has 13 heteroatoms. The summed E-state index contributed by atoms with van der Waals surface area (Å²) >= 11 is 13.4. The number of amides is 2. The lowest BCUT2D eigenvalue weighted by molar-refractivity contribution is -0.144. The van der Waals surface area contributed by atoms with Crippen LogP contribution in [0.3, 0.4) is 0 Å². The number of rotatable bonds is 9. The Bertz CT molecular complexity index is 1760. The summed E-state index contributed by atoms with van der Waals surface area (Å²) in [6.45, 7) is 4.26.